The Labute approximate surface area is 273 Å². The second kappa shape index (κ2) is 15.7. The van der Waals surface area contributed by atoms with Gasteiger partial charge in [0, 0.05) is 33.5 Å². The molecule has 3 amide bonds. The molecule has 4 aromatic rings. The van der Waals surface area contributed by atoms with E-state index in [2.05, 4.69) is 16.0 Å². The van der Waals surface area contributed by atoms with Gasteiger partial charge in [-0.25, -0.2) is 0 Å². The van der Waals surface area contributed by atoms with Gasteiger partial charge in [0.05, 0.1) is 26.6 Å². The lowest BCUT2D eigenvalue weighted by atomic mass is 10.1. The van der Waals surface area contributed by atoms with Crippen LogP contribution in [0.3, 0.4) is 0 Å². The predicted molar refractivity (Wildman–Crippen MR) is 183 cm³/mol. The minimum absolute atomic E-state index is 0.0291. The Hall–Kier alpha value is -5.22. The third kappa shape index (κ3) is 8.70. The molecule has 1 atom stereocenters. The zero-order valence-corrected chi connectivity index (χ0v) is 27.4. The summed E-state index contributed by atoms with van der Waals surface area (Å²) >= 11 is 1.36. The third-order valence-corrected chi connectivity index (χ3v) is 8.21. The topological polar surface area (TPSA) is 115 Å². The van der Waals surface area contributed by atoms with Crippen LogP contribution in [0.25, 0.3) is 6.08 Å². The fourth-order valence-corrected chi connectivity index (χ4v) is 5.36. The van der Waals surface area contributed by atoms with Crippen molar-refractivity contribution < 1.29 is 28.6 Å². The highest BCUT2D eigenvalue weighted by atomic mass is 32.2. The maximum atomic E-state index is 13.7. The van der Waals surface area contributed by atoms with Crippen molar-refractivity contribution in [2.45, 2.75) is 30.9 Å². The summed E-state index contributed by atoms with van der Waals surface area (Å²) in [6.07, 6.45) is 1.51. The molecule has 0 heterocycles. The minimum atomic E-state index is -0.566. The standard InChI is InChI=1S/C36H37N3O6S/c1-22-15-16-28(17-23(22)2)37-34(40)24(3)46-29-14-10-13-27(20-29)38-36(42)30(39-35(41)25-11-8-7-9-12-25)18-26-19-32(44-5)33(45-6)21-31(26)43-4/h7-21,24H,1-6H3,(H,37,40)(H,38,42)(H,39,41)/b30-18+. The van der Waals surface area contributed by atoms with Crippen LogP contribution in [0.15, 0.2) is 95.5 Å². The number of hydrogen-bond donors (Lipinski definition) is 3. The molecular formula is C36H37N3O6S. The molecule has 4 aromatic carbocycles. The van der Waals surface area contributed by atoms with Crippen molar-refractivity contribution in [2.24, 2.45) is 0 Å². The Morgan fingerprint density at radius 3 is 2.07 bits per heavy atom. The number of nitrogens with one attached hydrogen (secondary N) is 3. The first-order valence-electron chi connectivity index (χ1n) is 14.5. The van der Waals surface area contributed by atoms with E-state index in [1.165, 1.54) is 39.2 Å². The largest absolute Gasteiger partial charge is 0.496 e. The Balaban J connectivity index is 1.57. The van der Waals surface area contributed by atoms with Crippen molar-refractivity contribution in [3.05, 3.63) is 113 Å². The number of carbonyl (C=O) groups is 3. The molecule has 0 aliphatic carbocycles. The zero-order chi connectivity index (χ0) is 33.2. The van der Waals surface area contributed by atoms with Gasteiger partial charge in [0.15, 0.2) is 11.5 Å². The molecule has 10 heteroatoms. The van der Waals surface area contributed by atoms with E-state index >= 15 is 0 Å². The van der Waals surface area contributed by atoms with E-state index in [9.17, 15) is 14.4 Å². The zero-order valence-electron chi connectivity index (χ0n) is 26.6. The van der Waals surface area contributed by atoms with E-state index in [1.54, 1.807) is 60.7 Å². The number of amides is 3. The Morgan fingerprint density at radius 1 is 0.717 bits per heavy atom. The summed E-state index contributed by atoms with van der Waals surface area (Å²) in [6, 6.07) is 24.8. The van der Waals surface area contributed by atoms with Gasteiger partial charge in [-0.1, -0.05) is 30.3 Å². The van der Waals surface area contributed by atoms with E-state index in [4.69, 9.17) is 14.2 Å². The average molecular weight is 640 g/mol. The van der Waals surface area contributed by atoms with Crippen LogP contribution in [0.5, 0.6) is 17.2 Å². The van der Waals surface area contributed by atoms with E-state index in [-0.39, 0.29) is 11.6 Å². The lowest BCUT2D eigenvalue weighted by Gasteiger charge is -2.15. The molecule has 0 saturated carbocycles. The molecule has 0 fully saturated rings. The van der Waals surface area contributed by atoms with Crippen LogP contribution in [0.4, 0.5) is 11.4 Å². The molecule has 0 saturated heterocycles. The molecule has 1 unspecified atom stereocenters. The summed E-state index contributed by atoms with van der Waals surface area (Å²) in [5, 5.41) is 8.16. The third-order valence-electron chi connectivity index (χ3n) is 7.11. The summed E-state index contributed by atoms with van der Waals surface area (Å²) in [5.74, 6) is 0.105. The highest BCUT2D eigenvalue weighted by Crippen LogP contribution is 2.36. The number of ether oxygens (including phenoxy) is 3. The summed E-state index contributed by atoms with van der Waals surface area (Å²) in [6.45, 7) is 5.85. The first-order valence-corrected chi connectivity index (χ1v) is 15.3. The number of aryl methyl sites for hydroxylation is 2. The second-order valence-electron chi connectivity index (χ2n) is 10.4. The molecule has 0 aliphatic rings. The molecule has 46 heavy (non-hydrogen) atoms. The van der Waals surface area contributed by atoms with Gasteiger partial charge in [-0.15, -0.1) is 11.8 Å². The molecule has 4 rings (SSSR count). The van der Waals surface area contributed by atoms with Crippen LogP contribution < -0.4 is 30.2 Å². The van der Waals surface area contributed by atoms with Crippen LogP contribution in [-0.2, 0) is 9.59 Å². The van der Waals surface area contributed by atoms with Crippen LogP contribution >= 0.6 is 11.8 Å². The van der Waals surface area contributed by atoms with Gasteiger partial charge in [-0.3, -0.25) is 14.4 Å². The SMILES string of the molecule is COc1cc(OC)c(OC)cc1/C=C(/NC(=O)c1ccccc1)C(=O)Nc1cccc(SC(C)C(=O)Nc2ccc(C)c(C)c2)c1. The Bertz CT molecular complexity index is 1760. The summed E-state index contributed by atoms with van der Waals surface area (Å²) in [4.78, 5) is 40.5. The average Bonchev–Trinajstić information content (AvgIpc) is 3.06. The number of rotatable bonds is 12. The minimum Gasteiger partial charge on any atom is -0.496 e. The number of hydrogen-bond acceptors (Lipinski definition) is 7. The van der Waals surface area contributed by atoms with Crippen LogP contribution in [-0.4, -0.2) is 44.3 Å². The van der Waals surface area contributed by atoms with Crippen LogP contribution in [0, 0.1) is 13.8 Å². The van der Waals surface area contributed by atoms with E-state index in [0.29, 0.717) is 34.1 Å². The monoisotopic (exact) mass is 639 g/mol. The normalized spacial score (nSPS) is 11.7. The van der Waals surface area contributed by atoms with Crippen molar-refractivity contribution >= 4 is 46.9 Å². The van der Waals surface area contributed by atoms with Gasteiger partial charge >= 0.3 is 0 Å². The van der Waals surface area contributed by atoms with E-state index in [0.717, 1.165) is 21.7 Å². The molecule has 0 radical (unpaired) electrons. The highest BCUT2D eigenvalue weighted by Gasteiger charge is 2.19. The van der Waals surface area contributed by atoms with E-state index in [1.807, 2.05) is 45.0 Å². The maximum absolute atomic E-state index is 13.7. The van der Waals surface area contributed by atoms with Crippen molar-refractivity contribution in [1.29, 1.82) is 0 Å². The van der Waals surface area contributed by atoms with Gasteiger partial charge < -0.3 is 30.2 Å². The predicted octanol–water partition coefficient (Wildman–Crippen LogP) is 6.86. The lowest BCUT2D eigenvalue weighted by Crippen LogP contribution is -2.30. The number of methoxy groups -OCH3 is 3. The Morgan fingerprint density at radius 2 is 1.39 bits per heavy atom. The molecule has 238 valence electrons. The van der Waals surface area contributed by atoms with Gasteiger partial charge in [0.25, 0.3) is 11.8 Å². The maximum Gasteiger partial charge on any atom is 0.272 e. The van der Waals surface area contributed by atoms with E-state index < -0.39 is 17.1 Å². The number of carbonyl (C=O) groups excluding carboxylic acids is 3. The fourth-order valence-electron chi connectivity index (χ4n) is 4.43. The lowest BCUT2D eigenvalue weighted by molar-refractivity contribution is -0.115. The number of benzene rings is 4. The molecule has 0 aliphatic heterocycles. The molecule has 9 nitrogen and oxygen atoms in total. The smallest absolute Gasteiger partial charge is 0.272 e. The summed E-state index contributed by atoms with van der Waals surface area (Å²) < 4.78 is 16.4. The number of thioether (sulfide) groups is 1. The van der Waals surface area contributed by atoms with Crippen molar-refractivity contribution in [2.75, 3.05) is 32.0 Å². The molecule has 0 aromatic heterocycles. The molecule has 0 bridgehead atoms. The van der Waals surface area contributed by atoms with Gasteiger partial charge in [0.1, 0.15) is 11.4 Å². The van der Waals surface area contributed by atoms with Gasteiger partial charge in [-0.05, 0) is 86.5 Å². The van der Waals surface area contributed by atoms with Gasteiger partial charge in [0.2, 0.25) is 5.91 Å². The fraction of sp³-hybridized carbons (Fsp3) is 0.194. The summed E-state index contributed by atoms with van der Waals surface area (Å²) in [5.41, 5.74) is 4.30. The molecule has 3 N–H and O–H groups in total. The quantitative estimate of drug-likeness (QED) is 0.115. The summed E-state index contributed by atoms with van der Waals surface area (Å²) in [7, 11) is 4.50. The van der Waals surface area contributed by atoms with Crippen LogP contribution in [0.2, 0.25) is 0 Å². The van der Waals surface area contributed by atoms with Gasteiger partial charge in [-0.2, -0.15) is 0 Å². The van der Waals surface area contributed by atoms with Crippen LogP contribution in [0.1, 0.15) is 34.0 Å². The first kappa shape index (κ1) is 33.7. The highest BCUT2D eigenvalue weighted by molar-refractivity contribution is 8.00. The first-order chi connectivity index (χ1) is 22.1. The Kier molecular flexibility index (Phi) is 11.5. The van der Waals surface area contributed by atoms with Crippen molar-refractivity contribution in [3.63, 3.8) is 0 Å². The van der Waals surface area contributed by atoms with Crippen molar-refractivity contribution in [1.82, 2.24) is 5.32 Å². The molecule has 0 spiro atoms. The number of anilines is 2. The second-order valence-corrected chi connectivity index (χ2v) is 11.8. The molecular weight excluding hydrogens is 602 g/mol. The van der Waals surface area contributed by atoms with Crippen molar-refractivity contribution in [3.8, 4) is 17.2 Å².